The molecule has 0 spiro atoms. The fraction of sp³-hybridized carbons (Fsp3) is 0.872. The average molecular weight is 1450 g/mol. The minimum Gasteiger partial charge on any atom is -0.480 e. The SMILES string of the molecule is C1CCC(CN2CCNCC2)CC1.C1CCC(N2CCNCC2)CC1.CCCN1CCNCC1.CCN1CCNCC1.CN(C)C1CCNCC1.CN(C)CCN1CCNCC1.NCCCn1ccnc1.O=C(O)CN1CCNCC1.OCCN1CCNCC1.c1ccc(CN2CCNCC2)cc1. The van der Waals surface area contributed by atoms with E-state index in [1.54, 1.807) is 12.5 Å². The largest absolute Gasteiger partial charge is 0.480 e. The summed E-state index contributed by atoms with van der Waals surface area (Å²) in [5, 5.41) is 46.9. The summed E-state index contributed by atoms with van der Waals surface area (Å²) in [4.78, 5) is 38.2. The summed E-state index contributed by atoms with van der Waals surface area (Å²) in [6, 6.07) is 12.4. The number of imidazole rings is 1. The molecule has 0 atom stereocenters. The highest BCUT2D eigenvalue weighted by Crippen LogP contribution is 2.25. The normalized spacial score (nSPS) is 22.1. The number of aliphatic hydroxyl groups excluding tert-OH is 1. The fourth-order valence-corrected chi connectivity index (χ4v) is 14.5. The predicted molar refractivity (Wildman–Crippen MR) is 433 cm³/mol. The molecule has 13 N–H and O–H groups in total. The smallest absolute Gasteiger partial charge is 0.317 e. The van der Waals surface area contributed by atoms with Crippen LogP contribution >= 0.6 is 0 Å². The third-order valence-electron chi connectivity index (χ3n) is 21.0. The Bertz CT molecular complexity index is 2040. The highest BCUT2D eigenvalue weighted by atomic mass is 16.4. The van der Waals surface area contributed by atoms with Crippen molar-refractivity contribution >= 4 is 5.97 Å². The molecule has 0 bridgehead atoms. The number of hydrogen-bond donors (Lipinski definition) is 12. The molecule has 1 aromatic carbocycles. The number of aliphatic hydroxyl groups is 1. The molecule has 9 saturated heterocycles. The van der Waals surface area contributed by atoms with Gasteiger partial charge in [-0.25, -0.2) is 4.98 Å². The molecule has 11 fully saturated rings. The van der Waals surface area contributed by atoms with Crippen molar-refractivity contribution in [3.05, 3.63) is 54.6 Å². The molecule has 9 aliphatic heterocycles. The van der Waals surface area contributed by atoms with Crippen LogP contribution < -0.4 is 53.6 Å². The molecule has 103 heavy (non-hydrogen) atoms. The molecule has 600 valence electrons. The van der Waals surface area contributed by atoms with E-state index in [9.17, 15) is 4.79 Å². The van der Waals surface area contributed by atoms with Gasteiger partial charge in [0.15, 0.2) is 0 Å². The van der Waals surface area contributed by atoms with Crippen LogP contribution in [0.4, 0.5) is 0 Å². The maximum absolute atomic E-state index is 10.2. The molecule has 2 saturated carbocycles. The Morgan fingerprint density at radius 3 is 1.33 bits per heavy atom. The van der Waals surface area contributed by atoms with E-state index < -0.39 is 5.97 Å². The third kappa shape index (κ3) is 49.7. The molecule has 25 nitrogen and oxygen atoms in total. The van der Waals surface area contributed by atoms with Crippen molar-refractivity contribution in [1.29, 1.82) is 0 Å². The first-order chi connectivity index (χ1) is 50.5. The number of benzene rings is 1. The molecule has 11 aliphatic rings. The van der Waals surface area contributed by atoms with Gasteiger partial charge in [-0.05, 0) is 124 Å². The van der Waals surface area contributed by atoms with Crippen LogP contribution in [0.5, 0.6) is 0 Å². The van der Waals surface area contributed by atoms with E-state index in [0.717, 1.165) is 129 Å². The van der Waals surface area contributed by atoms with E-state index in [1.165, 1.54) is 266 Å². The second kappa shape index (κ2) is 63.9. The van der Waals surface area contributed by atoms with Gasteiger partial charge in [-0.15, -0.1) is 0 Å². The summed E-state index contributed by atoms with van der Waals surface area (Å²) in [6.45, 7) is 54.0. The summed E-state index contributed by atoms with van der Waals surface area (Å²) < 4.78 is 2.02. The van der Waals surface area contributed by atoms with E-state index in [4.69, 9.17) is 15.9 Å². The quantitative estimate of drug-likeness (QED) is 0.0961. The number of likely N-dealkylation sites (N-methyl/N-ethyl adjacent to an activating group) is 2. The molecule has 1 aromatic heterocycles. The van der Waals surface area contributed by atoms with Gasteiger partial charge in [0.25, 0.3) is 0 Å². The number of hydrogen-bond acceptors (Lipinski definition) is 23. The lowest BCUT2D eigenvalue weighted by Crippen LogP contribution is -2.48. The van der Waals surface area contributed by atoms with Gasteiger partial charge < -0.3 is 92.9 Å². The summed E-state index contributed by atoms with van der Waals surface area (Å²) in [7, 11) is 8.58. The van der Waals surface area contributed by atoms with Crippen LogP contribution in [0.25, 0.3) is 0 Å². The Hall–Kier alpha value is -2.94. The molecule has 0 amide bonds. The second-order valence-electron chi connectivity index (χ2n) is 29.9. The number of nitrogens with zero attached hydrogens (tertiary/aromatic N) is 12. The van der Waals surface area contributed by atoms with E-state index >= 15 is 0 Å². The van der Waals surface area contributed by atoms with Gasteiger partial charge in [0.1, 0.15) is 0 Å². The van der Waals surface area contributed by atoms with Crippen molar-refractivity contribution in [2.45, 2.75) is 129 Å². The van der Waals surface area contributed by atoms with Crippen LogP contribution in [0.1, 0.15) is 109 Å². The van der Waals surface area contributed by atoms with Crippen molar-refractivity contribution in [3.63, 3.8) is 0 Å². The van der Waals surface area contributed by atoms with Gasteiger partial charge >= 0.3 is 5.97 Å². The zero-order chi connectivity index (χ0) is 73.7. The zero-order valence-corrected chi connectivity index (χ0v) is 66.8. The first-order valence-corrected chi connectivity index (χ1v) is 41.5. The maximum atomic E-state index is 10.2. The van der Waals surface area contributed by atoms with Gasteiger partial charge in [-0.2, -0.15) is 0 Å². The fourth-order valence-electron chi connectivity index (χ4n) is 14.5. The van der Waals surface area contributed by atoms with Crippen LogP contribution in [-0.2, 0) is 17.9 Å². The lowest BCUT2D eigenvalue weighted by atomic mass is 9.89. The van der Waals surface area contributed by atoms with Crippen LogP contribution in [-0.4, -0.2) is 396 Å². The first-order valence-electron chi connectivity index (χ1n) is 41.5. The Morgan fingerprint density at radius 2 is 0.922 bits per heavy atom. The van der Waals surface area contributed by atoms with Crippen LogP contribution in [0.2, 0.25) is 0 Å². The summed E-state index contributed by atoms with van der Waals surface area (Å²) in [5.74, 6) is 0.286. The molecular formula is C78H160N22O3. The minimum atomic E-state index is -0.734. The number of nitrogens with one attached hydrogen (secondary N) is 9. The number of piperidine rings is 1. The van der Waals surface area contributed by atoms with E-state index in [0.29, 0.717) is 6.61 Å². The monoisotopic (exact) mass is 1450 g/mol. The van der Waals surface area contributed by atoms with Gasteiger partial charge in [-0.3, -0.25) is 29.3 Å². The second-order valence-corrected chi connectivity index (χ2v) is 29.9. The number of aliphatic carboxylic acids is 1. The number of carboxylic acids is 1. The molecule has 0 radical (unpaired) electrons. The number of piperazine rings is 8. The van der Waals surface area contributed by atoms with Gasteiger partial charge in [0, 0.05) is 273 Å². The molecule has 13 rings (SSSR count). The molecule has 10 heterocycles. The average Bonchev–Trinajstić information content (AvgIpc) is 1.31. The Balaban J connectivity index is 0.000000243. The maximum Gasteiger partial charge on any atom is 0.317 e. The Kier molecular flexibility index (Phi) is 57.4. The van der Waals surface area contributed by atoms with Crippen LogP contribution in [0.15, 0.2) is 49.1 Å². The number of carbonyl (C=O) groups is 1. The summed E-state index contributed by atoms with van der Waals surface area (Å²) in [5.41, 5.74) is 6.73. The molecule has 2 aromatic rings. The van der Waals surface area contributed by atoms with Crippen molar-refractivity contribution in [2.24, 2.45) is 11.7 Å². The summed E-state index contributed by atoms with van der Waals surface area (Å²) in [6.07, 6.45) is 25.2. The minimum absolute atomic E-state index is 0.182. The lowest BCUT2D eigenvalue weighted by Gasteiger charge is -2.36. The molecule has 0 unspecified atom stereocenters. The first kappa shape index (κ1) is 92.4. The Labute approximate surface area is 629 Å². The standard InChI is InChI=1S/C11H22N2.C11H16N2.C10H20N2.C8H19N3.2C7H16N2.C6H11N3.C6H12N2O2.C6H14N2O.C6H14N2/c2*1-2-4-11(5-3-1)10-13-8-6-12-7-9-13;1-2-4-10(5-3-1)12-8-6-11-7-9-12;1-10(2)7-8-11-5-3-9-4-6-11;1-9(2)7-3-5-8-6-4-7;1-2-5-9-6-3-8-4-7-9;7-2-1-4-9-5-3-8-6-9;9-6(10)5-8-3-1-7-2-4-8;9-6-5-8-3-1-7-2-4-8;1-2-8-5-3-7-4-6-8/h11-12H,1-10H2;1-5,12H,6-10H2;10-11H,1-9H2;9H,3-8H2,1-2H3;7-8H,3-6H2,1-2H3;8H,2-7H2,1H3;3,5-6H,1-2,4,7H2;7H,1-5H2,(H,9,10);7,9H,1-6H2;7H,2-6H2,1H3. The number of β-amino-alcohol motifs (C(OH)–C–C–N with tert-alkyl or cyclic N) is 1. The molecule has 2 aliphatic carbocycles. The lowest BCUT2D eigenvalue weighted by molar-refractivity contribution is -0.138. The summed E-state index contributed by atoms with van der Waals surface area (Å²) >= 11 is 0. The number of nitrogens with two attached hydrogens (primary N) is 1. The van der Waals surface area contributed by atoms with Crippen molar-refractivity contribution in [2.75, 3.05) is 310 Å². The Morgan fingerprint density at radius 1 is 0.495 bits per heavy atom. The van der Waals surface area contributed by atoms with Crippen LogP contribution in [0.3, 0.4) is 0 Å². The van der Waals surface area contributed by atoms with Crippen LogP contribution in [0, 0.1) is 5.92 Å². The van der Waals surface area contributed by atoms with Gasteiger partial charge in [0.2, 0.25) is 0 Å². The highest BCUT2D eigenvalue weighted by Gasteiger charge is 2.23. The number of aryl methyl sites for hydroxylation is 1. The van der Waals surface area contributed by atoms with E-state index in [1.807, 2.05) is 15.7 Å². The number of rotatable bonds is 19. The van der Waals surface area contributed by atoms with E-state index in [2.05, 4.69) is 169 Å². The molecule has 25 heteroatoms. The zero-order valence-electron chi connectivity index (χ0n) is 66.8. The van der Waals surface area contributed by atoms with Gasteiger partial charge in [0.05, 0.1) is 19.5 Å². The number of carboxylic acid groups (broad SMARTS) is 1. The predicted octanol–water partition coefficient (Wildman–Crippen LogP) is 1.85. The van der Waals surface area contributed by atoms with Crippen molar-refractivity contribution in [1.82, 2.24) is 106 Å². The van der Waals surface area contributed by atoms with Crippen molar-refractivity contribution < 1.29 is 15.0 Å². The third-order valence-corrected chi connectivity index (χ3v) is 21.0. The van der Waals surface area contributed by atoms with Gasteiger partial charge in [-0.1, -0.05) is 82.7 Å². The number of aromatic nitrogens is 2. The van der Waals surface area contributed by atoms with Crippen molar-refractivity contribution in [3.8, 4) is 0 Å². The highest BCUT2D eigenvalue weighted by molar-refractivity contribution is 5.69. The molecular weight excluding hydrogens is 1290 g/mol. The van der Waals surface area contributed by atoms with E-state index in [-0.39, 0.29) is 6.54 Å². The topological polar surface area (TPSA) is 242 Å².